The van der Waals surface area contributed by atoms with Gasteiger partial charge in [-0.15, -0.1) is 0 Å². The average molecular weight is 192 g/mol. The molecule has 4 unspecified atom stereocenters. The molecule has 0 saturated heterocycles. The van der Waals surface area contributed by atoms with Crippen molar-refractivity contribution in [2.75, 3.05) is 0 Å². The van der Waals surface area contributed by atoms with Crippen LogP contribution in [0.15, 0.2) is 12.2 Å². The van der Waals surface area contributed by atoms with Crippen LogP contribution >= 0.6 is 0 Å². The van der Waals surface area contributed by atoms with Crippen LogP contribution in [0.3, 0.4) is 0 Å². The van der Waals surface area contributed by atoms with E-state index in [0.29, 0.717) is 0 Å². The molecule has 1 heteroatoms. The van der Waals surface area contributed by atoms with Gasteiger partial charge < -0.3 is 4.79 Å². The first kappa shape index (κ1) is 9.95. The summed E-state index contributed by atoms with van der Waals surface area (Å²) in [6, 6.07) is 0. The van der Waals surface area contributed by atoms with E-state index in [1.54, 1.807) is 0 Å². The third kappa shape index (κ3) is 1.65. The van der Waals surface area contributed by atoms with Crippen molar-refractivity contribution >= 4 is 6.29 Å². The van der Waals surface area contributed by atoms with Gasteiger partial charge in [-0.2, -0.15) is 0 Å². The van der Waals surface area contributed by atoms with Gasteiger partial charge in [0, 0.05) is 6.42 Å². The van der Waals surface area contributed by atoms with E-state index < -0.39 is 0 Å². The third-order valence-electron chi connectivity index (χ3n) is 4.04. The second kappa shape index (κ2) is 4.29. The highest BCUT2D eigenvalue weighted by atomic mass is 16.1. The van der Waals surface area contributed by atoms with Crippen molar-refractivity contribution in [1.29, 1.82) is 0 Å². The Hall–Kier alpha value is -0.590. The molecule has 0 N–H and O–H groups in total. The van der Waals surface area contributed by atoms with Gasteiger partial charge in [0.2, 0.25) is 0 Å². The largest absolute Gasteiger partial charge is 0.303 e. The van der Waals surface area contributed by atoms with Gasteiger partial charge in [0.15, 0.2) is 0 Å². The Kier molecular flexibility index (Phi) is 3.05. The highest BCUT2D eigenvalue weighted by Crippen LogP contribution is 2.51. The van der Waals surface area contributed by atoms with E-state index in [-0.39, 0.29) is 0 Å². The van der Waals surface area contributed by atoms with Crippen molar-refractivity contribution in [2.45, 2.75) is 39.0 Å². The van der Waals surface area contributed by atoms with E-state index in [1.807, 2.05) is 0 Å². The number of allylic oxidation sites excluding steroid dienone is 2. The fraction of sp³-hybridized carbons (Fsp3) is 0.769. The van der Waals surface area contributed by atoms with Crippen molar-refractivity contribution < 1.29 is 4.79 Å². The molecule has 0 amide bonds. The molecule has 1 saturated carbocycles. The number of carbonyl (C=O) groups is 1. The summed E-state index contributed by atoms with van der Waals surface area (Å²) in [4.78, 5) is 10.4. The minimum absolute atomic E-state index is 0.766. The highest BCUT2D eigenvalue weighted by Gasteiger charge is 2.42. The summed E-state index contributed by atoms with van der Waals surface area (Å²) in [6.07, 6.45) is 11.8. The van der Waals surface area contributed by atoms with E-state index >= 15 is 0 Å². The van der Waals surface area contributed by atoms with Crippen molar-refractivity contribution in [3.63, 3.8) is 0 Å². The Balaban J connectivity index is 1.98. The lowest BCUT2D eigenvalue weighted by atomic mass is 9.78. The van der Waals surface area contributed by atoms with Crippen LogP contribution in [0.1, 0.15) is 39.0 Å². The first-order valence-corrected chi connectivity index (χ1v) is 5.98. The Bertz CT molecular complexity index is 231. The maximum absolute atomic E-state index is 10.4. The van der Waals surface area contributed by atoms with Gasteiger partial charge in [0.1, 0.15) is 6.29 Å². The monoisotopic (exact) mass is 192 g/mol. The van der Waals surface area contributed by atoms with Crippen molar-refractivity contribution in [3.8, 4) is 0 Å². The number of fused-ring (bicyclic) bond motifs is 2. The quantitative estimate of drug-likeness (QED) is 0.483. The van der Waals surface area contributed by atoms with Gasteiger partial charge in [0.05, 0.1) is 0 Å². The van der Waals surface area contributed by atoms with E-state index in [2.05, 4.69) is 19.1 Å². The lowest BCUT2D eigenvalue weighted by Crippen LogP contribution is -2.19. The zero-order valence-corrected chi connectivity index (χ0v) is 8.99. The predicted molar refractivity (Wildman–Crippen MR) is 57.9 cm³/mol. The molecule has 2 rings (SSSR count). The fourth-order valence-electron chi connectivity index (χ4n) is 3.48. The third-order valence-corrected chi connectivity index (χ3v) is 4.04. The van der Waals surface area contributed by atoms with Crippen LogP contribution in [0.4, 0.5) is 0 Å². The lowest BCUT2D eigenvalue weighted by Gasteiger charge is -2.27. The second-order valence-electron chi connectivity index (χ2n) is 4.81. The number of hydrogen-bond acceptors (Lipinski definition) is 1. The Morgan fingerprint density at radius 2 is 1.86 bits per heavy atom. The highest BCUT2D eigenvalue weighted by molar-refractivity contribution is 5.49. The molecule has 1 fully saturated rings. The molecule has 2 bridgehead atoms. The molecule has 0 aromatic rings. The lowest BCUT2D eigenvalue weighted by molar-refractivity contribution is -0.108. The molecule has 0 aromatic carbocycles. The summed E-state index contributed by atoms with van der Waals surface area (Å²) in [7, 11) is 0. The minimum atomic E-state index is 0.766. The molecule has 14 heavy (non-hydrogen) atoms. The van der Waals surface area contributed by atoms with Gasteiger partial charge in [0.25, 0.3) is 0 Å². The molecule has 0 spiro atoms. The molecular formula is C13H20O. The van der Waals surface area contributed by atoms with E-state index in [4.69, 9.17) is 0 Å². The second-order valence-corrected chi connectivity index (χ2v) is 4.81. The number of rotatable bonds is 5. The number of hydrogen-bond donors (Lipinski definition) is 0. The molecule has 78 valence electrons. The van der Waals surface area contributed by atoms with Crippen LogP contribution in [-0.2, 0) is 4.79 Å². The van der Waals surface area contributed by atoms with Gasteiger partial charge in [-0.25, -0.2) is 0 Å². The molecule has 0 heterocycles. The maximum Gasteiger partial charge on any atom is 0.120 e. The summed E-state index contributed by atoms with van der Waals surface area (Å²) < 4.78 is 0. The average Bonchev–Trinajstić information content (AvgIpc) is 2.76. The first-order valence-electron chi connectivity index (χ1n) is 5.98. The normalized spacial score (nSPS) is 39.2. The summed E-state index contributed by atoms with van der Waals surface area (Å²) >= 11 is 0. The smallest absolute Gasteiger partial charge is 0.120 e. The van der Waals surface area contributed by atoms with Gasteiger partial charge in [-0.05, 0) is 42.9 Å². The van der Waals surface area contributed by atoms with Crippen LogP contribution in [-0.4, -0.2) is 6.29 Å². The van der Waals surface area contributed by atoms with Gasteiger partial charge in [-0.3, -0.25) is 0 Å². The number of carbonyl (C=O) groups excluding carboxylic acids is 1. The van der Waals surface area contributed by atoms with Crippen LogP contribution in [0.2, 0.25) is 0 Å². The topological polar surface area (TPSA) is 17.1 Å². The summed E-state index contributed by atoms with van der Waals surface area (Å²) in [5.74, 6) is 3.35. The molecule has 0 radical (unpaired) electrons. The van der Waals surface area contributed by atoms with Crippen LogP contribution < -0.4 is 0 Å². The predicted octanol–water partition coefficient (Wildman–Crippen LogP) is 3.20. The van der Waals surface area contributed by atoms with E-state index in [0.717, 1.165) is 42.8 Å². The fourth-order valence-corrected chi connectivity index (χ4v) is 3.48. The van der Waals surface area contributed by atoms with Crippen LogP contribution in [0.5, 0.6) is 0 Å². The Morgan fingerprint density at radius 3 is 2.43 bits per heavy atom. The Morgan fingerprint density at radius 1 is 1.21 bits per heavy atom. The zero-order chi connectivity index (χ0) is 9.97. The van der Waals surface area contributed by atoms with Gasteiger partial charge in [-0.1, -0.05) is 25.5 Å². The summed E-state index contributed by atoms with van der Waals surface area (Å²) in [5, 5.41) is 0. The van der Waals surface area contributed by atoms with E-state index in [1.165, 1.54) is 19.3 Å². The molecule has 0 aromatic heterocycles. The molecular weight excluding hydrogens is 172 g/mol. The Labute approximate surface area is 86.6 Å². The van der Waals surface area contributed by atoms with Crippen molar-refractivity contribution in [3.05, 3.63) is 12.2 Å². The van der Waals surface area contributed by atoms with E-state index in [9.17, 15) is 4.79 Å². The first-order chi connectivity index (χ1) is 6.86. The molecule has 4 atom stereocenters. The maximum atomic E-state index is 10.4. The molecule has 1 nitrogen and oxygen atoms in total. The van der Waals surface area contributed by atoms with Crippen molar-refractivity contribution in [1.82, 2.24) is 0 Å². The zero-order valence-electron chi connectivity index (χ0n) is 8.99. The van der Waals surface area contributed by atoms with Gasteiger partial charge >= 0.3 is 0 Å². The van der Waals surface area contributed by atoms with Crippen LogP contribution in [0.25, 0.3) is 0 Å². The molecule has 0 aliphatic heterocycles. The molecule has 2 aliphatic carbocycles. The standard InChI is InChI=1S/C13H20O/c1-2-4-12-10-6-7-11(9-10)13(12)5-3-8-14/h6-8,10-13H,2-5,9H2,1H3. The summed E-state index contributed by atoms with van der Waals surface area (Å²) in [5.41, 5.74) is 0. The minimum Gasteiger partial charge on any atom is -0.303 e. The van der Waals surface area contributed by atoms with Crippen LogP contribution in [0, 0.1) is 23.7 Å². The number of aldehydes is 1. The van der Waals surface area contributed by atoms with Crippen molar-refractivity contribution in [2.24, 2.45) is 23.7 Å². The molecule has 2 aliphatic rings. The summed E-state index contributed by atoms with van der Waals surface area (Å²) in [6.45, 7) is 2.27. The SMILES string of the molecule is CCCC1C2C=CC(C2)C1CCC=O.